The first-order valence-corrected chi connectivity index (χ1v) is 7.62. The average Bonchev–Trinajstić information content (AvgIpc) is 2.32. The molecule has 0 bridgehead atoms. The van der Waals surface area contributed by atoms with Crippen molar-refractivity contribution >= 4 is 25.1 Å². The van der Waals surface area contributed by atoms with Gasteiger partial charge >= 0.3 is 6.92 Å². The number of rotatable bonds is 3. The summed E-state index contributed by atoms with van der Waals surface area (Å²) in [6, 6.07) is 0. The van der Waals surface area contributed by atoms with Gasteiger partial charge in [-0.05, 0) is 12.3 Å². The minimum atomic E-state index is -3.45. The third-order valence-corrected chi connectivity index (χ3v) is 5.13. The van der Waals surface area contributed by atoms with Crippen molar-refractivity contribution in [3.8, 4) is 0 Å². The van der Waals surface area contributed by atoms with Gasteiger partial charge in [0.1, 0.15) is 0 Å². The lowest BCUT2D eigenvalue weighted by atomic mass is 9.94. The summed E-state index contributed by atoms with van der Waals surface area (Å²) < 4.78 is 0. The molecule has 1 fully saturated rings. The van der Waals surface area contributed by atoms with Crippen LogP contribution in [0.5, 0.6) is 0 Å². The highest BCUT2D eigenvalue weighted by molar-refractivity contribution is 8.49. The Morgan fingerprint density at radius 1 is 1.57 bits per heavy atom. The zero-order valence-corrected chi connectivity index (χ0v) is 9.92. The molecule has 14 heavy (non-hydrogen) atoms. The van der Waals surface area contributed by atoms with Crippen molar-refractivity contribution in [2.75, 3.05) is 0 Å². The second-order valence-corrected chi connectivity index (χ2v) is 7.59. The molecule has 1 aliphatic rings. The minimum absolute atomic E-state index is 0.0201. The highest BCUT2D eigenvalue weighted by Crippen LogP contribution is 2.63. The molecule has 0 aliphatic heterocycles. The van der Waals surface area contributed by atoms with Crippen molar-refractivity contribution in [1.82, 2.24) is 0 Å². The van der Waals surface area contributed by atoms with E-state index in [4.69, 9.17) is 5.73 Å². The summed E-state index contributed by atoms with van der Waals surface area (Å²) in [4.78, 5) is 30.1. The van der Waals surface area contributed by atoms with Gasteiger partial charge in [-0.2, -0.15) is 0 Å². The van der Waals surface area contributed by atoms with Crippen LogP contribution in [0.15, 0.2) is 0 Å². The van der Waals surface area contributed by atoms with Crippen molar-refractivity contribution in [1.29, 1.82) is 0 Å². The summed E-state index contributed by atoms with van der Waals surface area (Å²) in [5.41, 5.74) is 4.31. The Kier molecular flexibility index (Phi) is 3.81. The van der Waals surface area contributed by atoms with E-state index < -0.39 is 18.5 Å². The predicted octanol–water partition coefficient (Wildman–Crippen LogP) is 0.953. The Morgan fingerprint density at radius 2 is 2.14 bits per heavy atom. The van der Waals surface area contributed by atoms with Crippen molar-refractivity contribution in [2.45, 2.75) is 31.8 Å². The van der Waals surface area contributed by atoms with Crippen LogP contribution < -0.4 is 5.73 Å². The minimum Gasteiger partial charge on any atom is -0.366 e. The molecule has 3 unspecified atom stereocenters. The summed E-state index contributed by atoms with van der Waals surface area (Å²) in [5.74, 6) is -0.344. The van der Waals surface area contributed by atoms with Crippen LogP contribution in [-0.2, 0) is 4.79 Å². The number of thiol groups is 1. The first kappa shape index (κ1) is 12.2. The standard InChI is InChI=1S/C8H16NO3PS/c1-5-3-2-4-6(5)7(8(9)10)13(11,12)14/h5-7,11-12,14H,2-4H2,1H3,(H-,9,10)/p+1. The zero-order chi connectivity index (χ0) is 10.9. The van der Waals surface area contributed by atoms with E-state index in [1.807, 2.05) is 6.92 Å². The Morgan fingerprint density at radius 3 is 2.43 bits per heavy atom. The molecule has 4 nitrogen and oxygen atoms in total. The highest BCUT2D eigenvalue weighted by atomic mass is 32.7. The molecule has 6 heteroatoms. The number of hydrogen-bond donors (Lipinski definition) is 4. The van der Waals surface area contributed by atoms with Gasteiger partial charge in [0.05, 0.1) is 12.2 Å². The van der Waals surface area contributed by atoms with E-state index in [0.29, 0.717) is 5.92 Å². The summed E-state index contributed by atoms with van der Waals surface area (Å²) in [6.07, 6.45) is 2.86. The maximum absolute atomic E-state index is 11.2. The molecule has 1 rings (SSSR count). The van der Waals surface area contributed by atoms with E-state index in [9.17, 15) is 14.6 Å². The van der Waals surface area contributed by atoms with Crippen LogP contribution >= 0.6 is 19.2 Å². The van der Waals surface area contributed by atoms with Crippen LogP contribution in [0.2, 0.25) is 0 Å². The Labute approximate surface area is 89.5 Å². The molecule has 3 atom stereocenters. The molecule has 0 aromatic heterocycles. The van der Waals surface area contributed by atoms with Gasteiger partial charge in [0, 0.05) is 5.92 Å². The second-order valence-electron chi connectivity index (χ2n) is 4.03. The van der Waals surface area contributed by atoms with Crippen LogP contribution in [0, 0.1) is 11.8 Å². The van der Waals surface area contributed by atoms with Crippen molar-refractivity contribution < 1.29 is 14.6 Å². The van der Waals surface area contributed by atoms with E-state index in [1.165, 1.54) is 0 Å². The molecule has 0 aromatic carbocycles. The number of nitrogens with two attached hydrogens (primary N) is 1. The van der Waals surface area contributed by atoms with Gasteiger partial charge in [0.2, 0.25) is 5.66 Å². The lowest BCUT2D eigenvalue weighted by Crippen LogP contribution is -2.37. The normalized spacial score (nSPS) is 30.3. The molecular weight excluding hydrogens is 221 g/mol. The molecule has 82 valence electrons. The third-order valence-electron chi connectivity index (χ3n) is 3.00. The molecule has 1 amide bonds. The number of carbonyl (C=O) groups excluding carboxylic acids is 1. The van der Waals surface area contributed by atoms with E-state index in [-0.39, 0.29) is 5.92 Å². The number of amides is 1. The monoisotopic (exact) mass is 238 g/mol. The van der Waals surface area contributed by atoms with Gasteiger partial charge in [-0.25, -0.2) is 9.79 Å². The molecule has 0 heterocycles. The van der Waals surface area contributed by atoms with Gasteiger partial charge in [0.15, 0.2) is 0 Å². The number of hydrogen-bond acceptors (Lipinski definition) is 4. The predicted molar refractivity (Wildman–Crippen MR) is 59.8 cm³/mol. The molecule has 4 N–H and O–H groups in total. The van der Waals surface area contributed by atoms with Gasteiger partial charge in [0.25, 0.3) is 5.91 Å². The maximum Gasteiger partial charge on any atom is 0.336 e. The summed E-state index contributed by atoms with van der Waals surface area (Å²) in [6.45, 7) is -1.44. The van der Waals surface area contributed by atoms with Crippen molar-refractivity contribution in [3.63, 3.8) is 0 Å². The quantitative estimate of drug-likeness (QED) is 0.436. The summed E-state index contributed by atoms with van der Waals surface area (Å²) in [5, 5.41) is 0. The zero-order valence-electron chi connectivity index (χ0n) is 8.13. The van der Waals surface area contributed by atoms with E-state index in [2.05, 4.69) is 12.2 Å². The molecule has 0 spiro atoms. The molecule has 1 saturated carbocycles. The SMILES string of the molecule is CC1CCCC1C(C(N)=O)[P+](O)(O)S. The van der Waals surface area contributed by atoms with Crippen LogP contribution in [0.1, 0.15) is 26.2 Å². The number of carbonyl (C=O) groups is 1. The Balaban J connectivity index is 2.83. The van der Waals surface area contributed by atoms with Crippen LogP contribution in [0.3, 0.4) is 0 Å². The molecule has 1 aliphatic carbocycles. The summed E-state index contributed by atoms with van der Waals surface area (Å²) >= 11 is 3.73. The molecule has 0 radical (unpaired) electrons. The Hall–Kier alpha value is 0.170. The average molecular weight is 238 g/mol. The summed E-state index contributed by atoms with van der Waals surface area (Å²) in [7, 11) is 0. The fourth-order valence-electron chi connectivity index (χ4n) is 2.28. The first-order valence-electron chi connectivity index (χ1n) is 4.70. The van der Waals surface area contributed by atoms with Gasteiger partial charge in [-0.3, -0.25) is 4.79 Å². The molecule has 0 saturated heterocycles. The molecular formula is C8H17NO3PS+. The van der Waals surface area contributed by atoms with E-state index >= 15 is 0 Å². The fraction of sp³-hybridized carbons (Fsp3) is 0.875. The molecule has 0 aromatic rings. The van der Waals surface area contributed by atoms with Gasteiger partial charge < -0.3 is 5.73 Å². The topological polar surface area (TPSA) is 83.6 Å². The smallest absolute Gasteiger partial charge is 0.336 e. The van der Waals surface area contributed by atoms with Gasteiger partial charge in [-0.1, -0.05) is 19.8 Å². The maximum atomic E-state index is 11.2. The van der Waals surface area contributed by atoms with Crippen molar-refractivity contribution in [2.24, 2.45) is 17.6 Å². The van der Waals surface area contributed by atoms with E-state index in [1.54, 1.807) is 0 Å². The van der Waals surface area contributed by atoms with Crippen LogP contribution in [0.25, 0.3) is 0 Å². The number of primary amides is 1. The first-order chi connectivity index (χ1) is 6.34. The lowest BCUT2D eigenvalue weighted by molar-refractivity contribution is -0.118. The van der Waals surface area contributed by atoms with Gasteiger partial charge in [-0.15, -0.1) is 0 Å². The van der Waals surface area contributed by atoms with Crippen LogP contribution in [-0.4, -0.2) is 21.4 Å². The van der Waals surface area contributed by atoms with Crippen LogP contribution in [0.4, 0.5) is 0 Å². The second kappa shape index (κ2) is 4.35. The third kappa shape index (κ3) is 2.60. The Bertz CT molecular complexity index is 231. The fourth-order valence-corrected chi connectivity index (χ4v) is 4.44. The van der Waals surface area contributed by atoms with Crippen molar-refractivity contribution in [3.05, 3.63) is 0 Å². The largest absolute Gasteiger partial charge is 0.366 e. The van der Waals surface area contributed by atoms with E-state index in [0.717, 1.165) is 19.3 Å². The highest BCUT2D eigenvalue weighted by Gasteiger charge is 2.52. The lowest BCUT2D eigenvalue weighted by Gasteiger charge is -2.23.